The molecule has 5 unspecified atom stereocenters. The fourth-order valence-electron chi connectivity index (χ4n) is 6.11. The molecule has 2 saturated heterocycles. The lowest BCUT2D eigenvalue weighted by molar-refractivity contribution is -0.151. The monoisotopic (exact) mass is 644 g/mol. The Balaban J connectivity index is 1.52. The van der Waals surface area contributed by atoms with Gasteiger partial charge in [-0.25, -0.2) is 9.18 Å². The zero-order chi connectivity index (χ0) is 33.2. The van der Waals surface area contributed by atoms with Gasteiger partial charge in [-0.3, -0.25) is 14.5 Å². The van der Waals surface area contributed by atoms with Crippen LogP contribution in [-0.4, -0.2) is 117 Å². The summed E-state index contributed by atoms with van der Waals surface area (Å²) in [6.07, 6.45) is 3.90. The van der Waals surface area contributed by atoms with Gasteiger partial charge in [0.25, 0.3) is 0 Å². The Bertz CT molecular complexity index is 1260. The van der Waals surface area contributed by atoms with Crippen LogP contribution in [0, 0.1) is 17.7 Å². The van der Waals surface area contributed by atoms with Gasteiger partial charge in [0.15, 0.2) is 0 Å². The highest BCUT2D eigenvalue weighted by Crippen LogP contribution is 2.27. The van der Waals surface area contributed by atoms with Crippen LogP contribution in [0.2, 0.25) is 0 Å². The standard InChI is InChI=1S/C34H49FN4O7/c1-23-5-7-29(40)21-31(41)46-33(24(2)6-8-30(23)45-34(43)39-11-9-36-10-12-39)25(3)17-26-18-27(35)20-28(19-26)38-15-13-37(14-16-38)22-32(42)44-4/h6,8,17-20,23-24,29-30,33,36,40H,5,7,9-16,21-22H2,1-4H3/b8-6?,25-17+. The summed E-state index contributed by atoms with van der Waals surface area (Å²) in [6, 6.07) is 4.83. The number of methoxy groups -OCH3 is 1. The van der Waals surface area contributed by atoms with Crippen molar-refractivity contribution in [2.24, 2.45) is 11.8 Å². The predicted molar refractivity (Wildman–Crippen MR) is 173 cm³/mol. The van der Waals surface area contributed by atoms with Crippen molar-refractivity contribution in [1.82, 2.24) is 15.1 Å². The van der Waals surface area contributed by atoms with Crippen LogP contribution in [0.3, 0.4) is 0 Å². The van der Waals surface area contributed by atoms with E-state index >= 15 is 0 Å². The molecular weight excluding hydrogens is 595 g/mol. The minimum Gasteiger partial charge on any atom is -0.468 e. The van der Waals surface area contributed by atoms with E-state index in [1.165, 1.54) is 19.2 Å². The van der Waals surface area contributed by atoms with E-state index in [4.69, 9.17) is 14.2 Å². The molecule has 2 N–H and O–H groups in total. The van der Waals surface area contributed by atoms with Crippen molar-refractivity contribution in [2.75, 3.05) is 70.9 Å². The van der Waals surface area contributed by atoms with Gasteiger partial charge in [0.05, 0.1) is 26.2 Å². The van der Waals surface area contributed by atoms with Gasteiger partial charge in [0, 0.05) is 64.0 Å². The van der Waals surface area contributed by atoms with E-state index in [0.29, 0.717) is 76.3 Å². The highest BCUT2D eigenvalue weighted by atomic mass is 19.1. The van der Waals surface area contributed by atoms with Crippen molar-refractivity contribution in [3.8, 4) is 0 Å². The second-order valence-corrected chi connectivity index (χ2v) is 12.6. The van der Waals surface area contributed by atoms with E-state index in [-0.39, 0.29) is 42.7 Å². The maximum Gasteiger partial charge on any atom is 0.410 e. The fourth-order valence-corrected chi connectivity index (χ4v) is 6.11. The van der Waals surface area contributed by atoms with Crippen LogP contribution in [0.5, 0.6) is 0 Å². The lowest BCUT2D eigenvalue weighted by Gasteiger charge is -2.35. The number of piperazine rings is 2. The number of nitrogens with zero attached hydrogens (tertiary/aromatic N) is 3. The van der Waals surface area contributed by atoms with Gasteiger partial charge in [-0.05, 0) is 61.1 Å². The van der Waals surface area contributed by atoms with E-state index in [1.807, 2.05) is 50.0 Å². The Morgan fingerprint density at radius 3 is 2.48 bits per heavy atom. The zero-order valence-corrected chi connectivity index (χ0v) is 27.5. The Hall–Kier alpha value is -3.48. The number of carbonyl (C=O) groups is 3. The van der Waals surface area contributed by atoms with E-state index < -0.39 is 24.3 Å². The molecule has 3 aliphatic heterocycles. The number of rotatable bonds is 6. The molecule has 3 aliphatic rings. The number of carbonyl (C=O) groups excluding carboxylic acids is 3. The van der Waals surface area contributed by atoms with Crippen molar-refractivity contribution >= 4 is 29.8 Å². The quantitative estimate of drug-likeness (QED) is 0.271. The normalized spacial score (nSPS) is 27.3. The van der Waals surface area contributed by atoms with E-state index in [2.05, 4.69) is 10.2 Å². The van der Waals surface area contributed by atoms with Gasteiger partial charge in [-0.1, -0.05) is 26.0 Å². The number of benzene rings is 1. The number of amides is 1. The summed E-state index contributed by atoms with van der Waals surface area (Å²) in [5.41, 5.74) is 2.06. The number of halogens is 1. The molecule has 1 aromatic carbocycles. The molecule has 1 aromatic rings. The van der Waals surface area contributed by atoms with Gasteiger partial charge >= 0.3 is 18.0 Å². The number of ether oxygens (including phenoxy) is 3. The third kappa shape index (κ3) is 10.3. The van der Waals surface area contributed by atoms with Crippen molar-refractivity contribution < 1.29 is 38.1 Å². The Morgan fingerprint density at radius 1 is 1.07 bits per heavy atom. The molecule has 46 heavy (non-hydrogen) atoms. The number of aliphatic hydroxyl groups is 1. The Morgan fingerprint density at radius 2 is 1.78 bits per heavy atom. The molecule has 0 aliphatic carbocycles. The molecule has 0 aromatic heterocycles. The van der Waals surface area contributed by atoms with Crippen LogP contribution >= 0.6 is 0 Å². The molecule has 0 saturated carbocycles. The fraction of sp³-hybridized carbons (Fsp3) is 0.618. The van der Waals surface area contributed by atoms with Crippen LogP contribution < -0.4 is 10.2 Å². The van der Waals surface area contributed by atoms with Gasteiger partial charge in [-0.2, -0.15) is 0 Å². The van der Waals surface area contributed by atoms with Crippen molar-refractivity contribution in [3.05, 3.63) is 47.3 Å². The molecule has 11 nitrogen and oxygen atoms in total. The van der Waals surface area contributed by atoms with E-state index in [1.54, 1.807) is 4.90 Å². The number of anilines is 1. The average Bonchev–Trinajstić information content (AvgIpc) is 3.04. The van der Waals surface area contributed by atoms with Crippen LogP contribution in [0.15, 0.2) is 35.9 Å². The summed E-state index contributed by atoms with van der Waals surface area (Å²) >= 11 is 0. The molecular formula is C34H49FN4O7. The van der Waals surface area contributed by atoms with Crippen LogP contribution in [0.1, 0.15) is 45.6 Å². The lowest BCUT2D eigenvalue weighted by atomic mass is 9.91. The van der Waals surface area contributed by atoms with Crippen molar-refractivity contribution in [2.45, 2.75) is 58.3 Å². The van der Waals surface area contributed by atoms with Crippen molar-refractivity contribution in [3.63, 3.8) is 0 Å². The van der Waals surface area contributed by atoms with Gasteiger partial charge in [-0.15, -0.1) is 0 Å². The summed E-state index contributed by atoms with van der Waals surface area (Å²) in [5.74, 6) is -1.56. The molecule has 254 valence electrons. The summed E-state index contributed by atoms with van der Waals surface area (Å²) in [6.45, 7) is 11.1. The second-order valence-electron chi connectivity index (χ2n) is 12.6. The first-order valence-corrected chi connectivity index (χ1v) is 16.3. The van der Waals surface area contributed by atoms with Crippen LogP contribution in [-0.2, 0) is 23.8 Å². The first kappa shape index (κ1) is 35.4. The number of esters is 2. The third-order valence-electron chi connectivity index (χ3n) is 8.94. The summed E-state index contributed by atoms with van der Waals surface area (Å²) in [5, 5.41) is 13.8. The molecule has 0 spiro atoms. The third-order valence-corrected chi connectivity index (χ3v) is 8.94. The molecule has 5 atom stereocenters. The average molecular weight is 645 g/mol. The molecule has 3 heterocycles. The molecule has 12 heteroatoms. The minimum absolute atomic E-state index is 0.0800. The van der Waals surface area contributed by atoms with Crippen molar-refractivity contribution in [1.29, 1.82) is 0 Å². The smallest absolute Gasteiger partial charge is 0.410 e. The molecule has 0 radical (unpaired) electrons. The summed E-state index contributed by atoms with van der Waals surface area (Å²) in [7, 11) is 1.37. The maximum absolute atomic E-state index is 14.9. The first-order valence-electron chi connectivity index (χ1n) is 16.3. The minimum atomic E-state index is -0.887. The zero-order valence-electron chi connectivity index (χ0n) is 27.5. The molecule has 2 fully saturated rings. The second kappa shape index (κ2) is 16.9. The number of hydrogen-bond donors (Lipinski definition) is 2. The first-order chi connectivity index (χ1) is 22.0. The maximum atomic E-state index is 14.9. The van der Waals surface area contributed by atoms with Crippen LogP contribution in [0.25, 0.3) is 6.08 Å². The number of nitrogens with one attached hydrogen (secondary N) is 1. The number of aliphatic hydroxyl groups excluding tert-OH is 1. The number of cyclic esters (lactones) is 1. The van der Waals surface area contributed by atoms with E-state index in [9.17, 15) is 23.9 Å². The highest BCUT2D eigenvalue weighted by Gasteiger charge is 2.29. The predicted octanol–water partition coefficient (Wildman–Crippen LogP) is 3.22. The molecule has 4 rings (SSSR count). The lowest BCUT2D eigenvalue weighted by Crippen LogP contribution is -2.48. The molecule has 1 amide bonds. The summed E-state index contributed by atoms with van der Waals surface area (Å²) < 4.78 is 31.5. The highest BCUT2D eigenvalue weighted by molar-refractivity contribution is 5.72. The van der Waals surface area contributed by atoms with E-state index in [0.717, 1.165) is 5.69 Å². The summed E-state index contributed by atoms with van der Waals surface area (Å²) in [4.78, 5) is 43.3. The Labute approximate surface area is 271 Å². The topological polar surface area (TPSA) is 121 Å². The van der Waals surface area contributed by atoms with Gasteiger partial charge in [0.1, 0.15) is 18.0 Å². The van der Waals surface area contributed by atoms with Gasteiger partial charge < -0.3 is 34.4 Å². The molecule has 0 bridgehead atoms. The Kier molecular flexibility index (Phi) is 13.0. The van der Waals surface area contributed by atoms with Crippen LogP contribution in [0.4, 0.5) is 14.9 Å². The number of hydrogen-bond acceptors (Lipinski definition) is 10. The van der Waals surface area contributed by atoms with Gasteiger partial charge in [0.2, 0.25) is 0 Å². The largest absolute Gasteiger partial charge is 0.468 e. The SMILES string of the molecule is COC(=O)CN1CCN(c2cc(F)cc(/C=C(\C)C3OC(=O)CC(O)CCC(C)C(OC(=O)N4CCNCC4)C=CC3C)c2)CC1.